The molecule has 7 atom stereocenters. The molecule has 26 heavy (non-hydrogen) atoms. The first-order valence-corrected chi connectivity index (χ1v) is 10.4. The Morgan fingerprint density at radius 1 is 1.12 bits per heavy atom. The minimum atomic E-state index is -0.398. The number of ketones is 1. The lowest BCUT2D eigenvalue weighted by molar-refractivity contribution is -0.142. The van der Waals surface area contributed by atoms with Gasteiger partial charge in [-0.2, -0.15) is 0 Å². The van der Waals surface area contributed by atoms with Crippen LogP contribution in [0.4, 0.5) is 0 Å². The molecule has 0 radical (unpaired) electrons. The summed E-state index contributed by atoms with van der Waals surface area (Å²) in [5, 5.41) is 21.5. The van der Waals surface area contributed by atoms with Crippen LogP contribution in [0.5, 0.6) is 0 Å². The number of likely N-dealkylation sites (N-methyl/N-ethyl adjacent to an activating group) is 1. The van der Waals surface area contributed by atoms with E-state index in [1.807, 2.05) is 0 Å². The Hall–Kier alpha value is -0.710. The molecule has 0 saturated heterocycles. The molecule has 0 aromatic carbocycles. The van der Waals surface area contributed by atoms with Gasteiger partial charge in [0.2, 0.25) is 0 Å². The maximum Gasteiger partial charge on any atom is 0.139 e. The molecule has 2 unspecified atom stereocenters. The summed E-state index contributed by atoms with van der Waals surface area (Å²) in [5.74, 6) is 0.968. The summed E-state index contributed by atoms with van der Waals surface area (Å²) in [6.07, 6.45) is 9.70. The van der Waals surface area contributed by atoms with Crippen molar-refractivity contribution in [3.05, 3.63) is 12.2 Å². The van der Waals surface area contributed by atoms with E-state index < -0.39 is 6.10 Å². The second-order valence-corrected chi connectivity index (χ2v) is 9.85. The lowest BCUT2D eigenvalue weighted by Gasteiger charge is -2.54. The van der Waals surface area contributed by atoms with Gasteiger partial charge in [0.25, 0.3) is 0 Å². The highest BCUT2D eigenvalue weighted by Gasteiger charge is 2.58. The molecule has 3 rings (SSSR count). The highest BCUT2D eigenvalue weighted by molar-refractivity contribution is 5.87. The second kappa shape index (κ2) is 7.37. The average Bonchev–Trinajstić information content (AvgIpc) is 2.87. The molecular formula is C22H37NO3. The summed E-state index contributed by atoms with van der Waals surface area (Å²) < 4.78 is 0. The van der Waals surface area contributed by atoms with E-state index in [1.165, 1.54) is 0 Å². The second-order valence-electron chi connectivity index (χ2n) is 9.85. The van der Waals surface area contributed by atoms with Crippen molar-refractivity contribution < 1.29 is 15.0 Å². The van der Waals surface area contributed by atoms with E-state index >= 15 is 0 Å². The molecule has 3 aliphatic rings. The van der Waals surface area contributed by atoms with Gasteiger partial charge in [0.05, 0.1) is 12.2 Å². The quantitative estimate of drug-likeness (QED) is 0.754. The SMILES string of the molecule is CN(C)C/C=C\[C@H]1C[C@@H](O)CC[C@]1(C)C1CC[C@]2(C)C(=O)CCC2[C@@H]1O. The van der Waals surface area contributed by atoms with Gasteiger partial charge < -0.3 is 15.1 Å². The first-order valence-electron chi connectivity index (χ1n) is 10.4. The van der Waals surface area contributed by atoms with Crippen LogP contribution in [-0.4, -0.2) is 53.7 Å². The van der Waals surface area contributed by atoms with E-state index in [-0.39, 0.29) is 34.7 Å². The Kier molecular flexibility index (Phi) is 5.68. The van der Waals surface area contributed by atoms with E-state index in [1.54, 1.807) is 0 Å². The van der Waals surface area contributed by atoms with Crippen molar-refractivity contribution >= 4 is 5.78 Å². The van der Waals surface area contributed by atoms with Crippen molar-refractivity contribution in [3.8, 4) is 0 Å². The highest BCUT2D eigenvalue weighted by Crippen LogP contribution is 2.59. The van der Waals surface area contributed by atoms with Gasteiger partial charge >= 0.3 is 0 Å². The fourth-order valence-corrected chi connectivity index (χ4v) is 6.13. The van der Waals surface area contributed by atoms with Crippen molar-refractivity contribution in [3.63, 3.8) is 0 Å². The standard InChI is InChI=1S/C22H37NO3/c1-21(11-9-16(24)14-15(21)6-5-13-23(3)4)18-10-12-22(2)17(20(18)26)7-8-19(22)25/h5-6,15-18,20,24,26H,7-14H2,1-4H3/b6-5-/t15-,16-,17?,18?,20-,21-,22-/m0/s1. The van der Waals surface area contributed by atoms with Crippen LogP contribution in [0, 0.1) is 28.6 Å². The van der Waals surface area contributed by atoms with E-state index in [2.05, 4.69) is 45.0 Å². The molecule has 4 nitrogen and oxygen atoms in total. The van der Waals surface area contributed by atoms with E-state index in [0.717, 1.165) is 45.1 Å². The normalized spacial score (nSPS) is 46.9. The number of fused-ring (bicyclic) bond motifs is 1. The fourth-order valence-electron chi connectivity index (χ4n) is 6.13. The first kappa shape index (κ1) is 20.0. The Labute approximate surface area is 158 Å². The van der Waals surface area contributed by atoms with Gasteiger partial charge in [-0.3, -0.25) is 4.79 Å². The summed E-state index contributed by atoms with van der Waals surface area (Å²) in [6, 6.07) is 0. The predicted molar refractivity (Wildman–Crippen MR) is 104 cm³/mol. The van der Waals surface area contributed by atoms with Crippen LogP contribution in [-0.2, 0) is 4.79 Å². The molecule has 3 saturated carbocycles. The Morgan fingerprint density at radius 3 is 2.54 bits per heavy atom. The van der Waals surface area contributed by atoms with Gasteiger partial charge in [0.15, 0.2) is 0 Å². The number of carbonyl (C=O) groups is 1. The minimum absolute atomic E-state index is 0.00553. The molecular weight excluding hydrogens is 326 g/mol. The van der Waals surface area contributed by atoms with Crippen LogP contribution in [0.3, 0.4) is 0 Å². The number of Topliss-reactive ketones (excluding diaryl/α,β-unsaturated/α-hetero) is 1. The molecule has 3 fully saturated rings. The van der Waals surface area contributed by atoms with Crippen LogP contribution in [0.1, 0.15) is 58.8 Å². The van der Waals surface area contributed by atoms with Gasteiger partial charge in [0.1, 0.15) is 5.78 Å². The summed E-state index contributed by atoms with van der Waals surface area (Å²) in [4.78, 5) is 14.5. The number of nitrogens with zero attached hydrogens (tertiary/aromatic N) is 1. The number of hydrogen-bond donors (Lipinski definition) is 2. The van der Waals surface area contributed by atoms with E-state index in [0.29, 0.717) is 12.2 Å². The summed E-state index contributed by atoms with van der Waals surface area (Å²) in [6.45, 7) is 5.29. The van der Waals surface area contributed by atoms with E-state index in [4.69, 9.17) is 0 Å². The molecule has 0 amide bonds. The molecule has 4 heteroatoms. The zero-order valence-corrected chi connectivity index (χ0v) is 16.9. The maximum atomic E-state index is 12.4. The fraction of sp³-hybridized carbons (Fsp3) is 0.864. The van der Waals surface area contributed by atoms with Crippen molar-refractivity contribution in [2.75, 3.05) is 20.6 Å². The predicted octanol–water partition coefficient (Wildman–Crippen LogP) is 3.03. The number of allylic oxidation sites excluding steroid dienone is 1. The number of rotatable bonds is 4. The third-order valence-corrected chi connectivity index (χ3v) is 8.01. The average molecular weight is 364 g/mol. The summed E-state index contributed by atoms with van der Waals surface area (Å²) in [7, 11) is 4.12. The largest absolute Gasteiger partial charge is 0.393 e. The van der Waals surface area contributed by atoms with Gasteiger partial charge in [-0.15, -0.1) is 0 Å². The van der Waals surface area contributed by atoms with Crippen LogP contribution in [0.15, 0.2) is 12.2 Å². The molecule has 0 aromatic heterocycles. The molecule has 148 valence electrons. The summed E-state index contributed by atoms with van der Waals surface area (Å²) in [5.41, 5.74) is -0.314. The molecule has 0 spiro atoms. The first-order chi connectivity index (χ1) is 12.2. The third-order valence-electron chi connectivity index (χ3n) is 8.01. The minimum Gasteiger partial charge on any atom is -0.393 e. The van der Waals surface area contributed by atoms with Gasteiger partial charge in [-0.1, -0.05) is 26.0 Å². The number of aliphatic hydroxyl groups is 2. The van der Waals surface area contributed by atoms with Gasteiger partial charge in [0, 0.05) is 18.4 Å². The molecule has 3 aliphatic carbocycles. The van der Waals surface area contributed by atoms with Crippen LogP contribution in [0.2, 0.25) is 0 Å². The Bertz CT molecular complexity index is 560. The third kappa shape index (κ3) is 3.41. The van der Waals surface area contributed by atoms with Crippen molar-refractivity contribution in [2.24, 2.45) is 28.6 Å². The molecule has 0 heterocycles. The van der Waals surface area contributed by atoms with Crippen molar-refractivity contribution in [1.82, 2.24) is 4.90 Å². The van der Waals surface area contributed by atoms with Crippen LogP contribution < -0.4 is 0 Å². The molecule has 0 aromatic rings. The smallest absolute Gasteiger partial charge is 0.139 e. The molecule has 2 N–H and O–H groups in total. The molecule has 0 bridgehead atoms. The zero-order chi connectivity index (χ0) is 19.1. The maximum absolute atomic E-state index is 12.4. The van der Waals surface area contributed by atoms with Crippen LogP contribution in [0.25, 0.3) is 0 Å². The number of aliphatic hydroxyl groups excluding tert-OH is 2. The van der Waals surface area contributed by atoms with Crippen molar-refractivity contribution in [1.29, 1.82) is 0 Å². The zero-order valence-electron chi connectivity index (χ0n) is 16.9. The lowest BCUT2D eigenvalue weighted by Crippen LogP contribution is -2.53. The Balaban J connectivity index is 1.82. The monoisotopic (exact) mass is 363 g/mol. The molecule has 0 aliphatic heterocycles. The summed E-state index contributed by atoms with van der Waals surface area (Å²) >= 11 is 0. The topological polar surface area (TPSA) is 60.8 Å². The number of carbonyl (C=O) groups excluding carboxylic acids is 1. The highest BCUT2D eigenvalue weighted by atomic mass is 16.3. The number of hydrogen-bond acceptors (Lipinski definition) is 4. The lowest BCUT2D eigenvalue weighted by atomic mass is 9.52. The van der Waals surface area contributed by atoms with Gasteiger partial charge in [-0.25, -0.2) is 0 Å². The Morgan fingerprint density at radius 2 is 1.85 bits per heavy atom. The van der Waals surface area contributed by atoms with Gasteiger partial charge in [-0.05, 0) is 75.8 Å². The van der Waals surface area contributed by atoms with Crippen molar-refractivity contribution in [2.45, 2.75) is 71.0 Å². The van der Waals surface area contributed by atoms with Crippen LogP contribution >= 0.6 is 0 Å². The van der Waals surface area contributed by atoms with E-state index in [9.17, 15) is 15.0 Å².